The number of esters is 1. The van der Waals surface area contributed by atoms with E-state index in [4.69, 9.17) is 10.00 Å². The molecule has 1 aromatic carbocycles. The SMILES string of the molecule is N#CSc1ccc(NC(=O)COC(=O)c2cc[n+]([O-])cc2)c(Br)c1. The van der Waals surface area contributed by atoms with Gasteiger partial charge in [0, 0.05) is 21.5 Å². The van der Waals surface area contributed by atoms with E-state index in [0.29, 0.717) is 14.9 Å². The average Bonchev–Trinajstić information content (AvgIpc) is 2.56. The zero-order valence-electron chi connectivity index (χ0n) is 12.1. The first-order valence-electron chi connectivity index (χ1n) is 6.51. The Labute approximate surface area is 149 Å². The zero-order valence-corrected chi connectivity index (χ0v) is 14.5. The van der Waals surface area contributed by atoms with E-state index >= 15 is 0 Å². The third kappa shape index (κ3) is 4.97. The molecule has 0 unspecified atom stereocenters. The highest BCUT2D eigenvalue weighted by atomic mass is 79.9. The highest BCUT2D eigenvalue weighted by Gasteiger charge is 2.12. The lowest BCUT2D eigenvalue weighted by molar-refractivity contribution is -0.605. The normalized spacial score (nSPS) is 9.83. The van der Waals surface area contributed by atoms with Crippen LogP contribution in [0.5, 0.6) is 0 Å². The summed E-state index contributed by atoms with van der Waals surface area (Å²) < 4.78 is 6.02. The summed E-state index contributed by atoms with van der Waals surface area (Å²) in [4.78, 5) is 24.3. The molecule has 2 aromatic rings. The van der Waals surface area contributed by atoms with E-state index in [1.54, 1.807) is 18.2 Å². The molecule has 1 N–H and O–H groups in total. The van der Waals surface area contributed by atoms with Crippen molar-refractivity contribution < 1.29 is 19.1 Å². The number of aromatic nitrogens is 1. The molecule has 0 radical (unpaired) electrons. The van der Waals surface area contributed by atoms with Crippen molar-refractivity contribution in [3.05, 3.63) is 58.0 Å². The number of ether oxygens (including phenoxy) is 1. The Kier molecular flexibility index (Phi) is 6.17. The van der Waals surface area contributed by atoms with Gasteiger partial charge >= 0.3 is 5.97 Å². The summed E-state index contributed by atoms with van der Waals surface area (Å²) >= 11 is 4.29. The summed E-state index contributed by atoms with van der Waals surface area (Å²) in [5.74, 6) is -1.22. The number of nitrogens with one attached hydrogen (secondary N) is 1. The van der Waals surface area contributed by atoms with Crippen LogP contribution >= 0.6 is 27.7 Å². The number of benzene rings is 1. The van der Waals surface area contributed by atoms with Crippen molar-refractivity contribution >= 4 is 45.3 Å². The number of hydrogen-bond donors (Lipinski definition) is 1. The van der Waals surface area contributed by atoms with Crippen LogP contribution in [0.2, 0.25) is 0 Å². The van der Waals surface area contributed by atoms with Crippen LogP contribution in [-0.4, -0.2) is 18.5 Å². The maximum Gasteiger partial charge on any atom is 0.339 e. The molecule has 0 saturated carbocycles. The van der Waals surface area contributed by atoms with Crippen molar-refractivity contribution in [1.29, 1.82) is 5.26 Å². The van der Waals surface area contributed by atoms with Gasteiger partial charge in [0.2, 0.25) is 0 Å². The minimum Gasteiger partial charge on any atom is -0.619 e. The van der Waals surface area contributed by atoms with Gasteiger partial charge in [0.25, 0.3) is 5.91 Å². The van der Waals surface area contributed by atoms with Crippen LogP contribution in [0.3, 0.4) is 0 Å². The van der Waals surface area contributed by atoms with Crippen LogP contribution in [0.4, 0.5) is 5.69 Å². The van der Waals surface area contributed by atoms with E-state index in [1.165, 1.54) is 12.1 Å². The number of thioether (sulfide) groups is 1. The Balaban J connectivity index is 1.90. The lowest BCUT2D eigenvalue weighted by Crippen LogP contribution is -2.25. The summed E-state index contributed by atoms with van der Waals surface area (Å²) in [5.41, 5.74) is 0.666. The van der Waals surface area contributed by atoms with Gasteiger partial charge in [-0.05, 0) is 45.9 Å². The van der Waals surface area contributed by atoms with Gasteiger partial charge in [-0.2, -0.15) is 9.99 Å². The lowest BCUT2D eigenvalue weighted by Gasteiger charge is -2.09. The number of hydrogen-bond acceptors (Lipinski definition) is 6. The molecule has 1 amide bonds. The number of nitriles is 1. The number of halogens is 1. The molecule has 2 rings (SSSR count). The number of pyridine rings is 1. The molecule has 24 heavy (non-hydrogen) atoms. The molecule has 0 bridgehead atoms. The van der Waals surface area contributed by atoms with Gasteiger partial charge in [-0.15, -0.1) is 0 Å². The highest BCUT2D eigenvalue weighted by Crippen LogP contribution is 2.28. The first-order valence-corrected chi connectivity index (χ1v) is 8.12. The minimum absolute atomic E-state index is 0.175. The fraction of sp³-hybridized carbons (Fsp3) is 0.0667. The number of amides is 1. The Bertz CT molecular complexity index is 805. The Morgan fingerprint density at radius 3 is 2.67 bits per heavy atom. The van der Waals surface area contributed by atoms with Crippen molar-refractivity contribution in [1.82, 2.24) is 0 Å². The van der Waals surface area contributed by atoms with Crippen LogP contribution in [0.1, 0.15) is 10.4 Å². The standard InChI is InChI=1S/C15H10BrN3O4S/c16-12-7-11(24-9-17)1-2-13(12)18-14(20)8-23-15(21)10-3-5-19(22)6-4-10/h1-7H,8H2,(H,18,20). The third-order valence-corrected chi connectivity index (χ3v) is 3.99. The van der Waals surface area contributed by atoms with E-state index in [0.717, 1.165) is 29.1 Å². The number of rotatable bonds is 5. The Hall–Kier alpha value is -2.57. The van der Waals surface area contributed by atoms with Crippen molar-refractivity contribution in [3.8, 4) is 5.40 Å². The zero-order chi connectivity index (χ0) is 17.5. The molecule has 0 aliphatic heterocycles. The first-order chi connectivity index (χ1) is 11.5. The molecule has 0 saturated heterocycles. The molecular formula is C15H10BrN3O4S. The van der Waals surface area contributed by atoms with Gasteiger partial charge < -0.3 is 15.3 Å². The molecule has 0 fully saturated rings. The van der Waals surface area contributed by atoms with Gasteiger partial charge in [-0.1, -0.05) is 0 Å². The van der Waals surface area contributed by atoms with E-state index < -0.39 is 18.5 Å². The molecular weight excluding hydrogens is 398 g/mol. The molecule has 0 spiro atoms. The number of carbonyl (C=O) groups is 2. The molecule has 1 aromatic heterocycles. The maximum absolute atomic E-state index is 11.8. The van der Waals surface area contributed by atoms with Crippen LogP contribution in [-0.2, 0) is 9.53 Å². The topological polar surface area (TPSA) is 106 Å². The second kappa shape index (κ2) is 8.33. The van der Waals surface area contributed by atoms with Gasteiger partial charge in [0.1, 0.15) is 5.40 Å². The Morgan fingerprint density at radius 1 is 1.33 bits per heavy atom. The second-order valence-corrected chi connectivity index (χ2v) is 6.12. The number of nitrogens with zero attached hydrogens (tertiary/aromatic N) is 2. The predicted molar refractivity (Wildman–Crippen MR) is 89.9 cm³/mol. The summed E-state index contributed by atoms with van der Waals surface area (Å²) in [6, 6.07) is 7.61. The summed E-state index contributed by atoms with van der Waals surface area (Å²) in [6.45, 7) is -0.466. The minimum atomic E-state index is -0.703. The summed E-state index contributed by atoms with van der Waals surface area (Å²) in [5, 5.41) is 24.0. The van der Waals surface area contributed by atoms with E-state index in [2.05, 4.69) is 21.2 Å². The van der Waals surface area contributed by atoms with Crippen LogP contribution in [0.25, 0.3) is 0 Å². The number of carbonyl (C=O) groups excluding carboxylic acids is 2. The monoisotopic (exact) mass is 407 g/mol. The van der Waals surface area contributed by atoms with Crippen molar-refractivity contribution in [2.24, 2.45) is 0 Å². The largest absolute Gasteiger partial charge is 0.619 e. The smallest absolute Gasteiger partial charge is 0.339 e. The first kappa shape index (κ1) is 17.8. The lowest BCUT2D eigenvalue weighted by atomic mass is 10.3. The van der Waals surface area contributed by atoms with Crippen molar-refractivity contribution in [2.45, 2.75) is 4.90 Å². The van der Waals surface area contributed by atoms with Crippen LogP contribution < -0.4 is 10.0 Å². The molecule has 7 nitrogen and oxygen atoms in total. The summed E-state index contributed by atoms with van der Waals surface area (Å²) in [7, 11) is 0. The molecule has 122 valence electrons. The quantitative estimate of drug-likeness (QED) is 0.268. The number of anilines is 1. The fourth-order valence-electron chi connectivity index (χ4n) is 1.66. The molecule has 0 atom stereocenters. The molecule has 0 aliphatic rings. The van der Waals surface area contributed by atoms with Crippen molar-refractivity contribution in [2.75, 3.05) is 11.9 Å². The van der Waals surface area contributed by atoms with E-state index in [1.807, 2.05) is 5.40 Å². The van der Waals surface area contributed by atoms with Crippen molar-refractivity contribution in [3.63, 3.8) is 0 Å². The maximum atomic E-state index is 11.8. The van der Waals surface area contributed by atoms with E-state index in [9.17, 15) is 14.8 Å². The highest BCUT2D eigenvalue weighted by molar-refractivity contribution is 9.10. The van der Waals surface area contributed by atoms with Gasteiger partial charge in [-0.3, -0.25) is 4.79 Å². The number of thiocyanates is 1. The van der Waals surface area contributed by atoms with E-state index in [-0.39, 0.29) is 5.56 Å². The van der Waals surface area contributed by atoms with Crippen LogP contribution in [0.15, 0.2) is 52.1 Å². The molecule has 9 heteroatoms. The van der Waals surface area contributed by atoms with Crippen LogP contribution in [0, 0.1) is 15.9 Å². The van der Waals surface area contributed by atoms with Gasteiger partial charge in [0.05, 0.1) is 11.3 Å². The molecule has 1 heterocycles. The molecule has 0 aliphatic carbocycles. The third-order valence-electron chi connectivity index (χ3n) is 2.75. The Morgan fingerprint density at radius 2 is 2.04 bits per heavy atom. The van der Waals surface area contributed by atoms with Gasteiger partial charge in [0.15, 0.2) is 19.0 Å². The second-order valence-electron chi connectivity index (χ2n) is 4.41. The summed E-state index contributed by atoms with van der Waals surface area (Å²) in [6.07, 6.45) is 2.32. The predicted octanol–water partition coefficient (Wildman–Crippen LogP) is 2.45. The van der Waals surface area contributed by atoms with Gasteiger partial charge in [-0.25, -0.2) is 4.79 Å². The fourth-order valence-corrected chi connectivity index (χ4v) is 2.71. The average molecular weight is 408 g/mol.